The minimum atomic E-state index is -0.0219. The number of pyridine rings is 1. The van der Waals surface area contributed by atoms with Crippen LogP contribution in [-0.4, -0.2) is 41.1 Å². The number of fused-ring (bicyclic) bond motifs is 1. The molecule has 1 saturated carbocycles. The molecule has 148 valence electrons. The molecule has 0 atom stereocenters. The number of nitrogens with zero attached hydrogens (tertiary/aromatic N) is 5. The Morgan fingerprint density at radius 2 is 2.07 bits per heavy atom. The van der Waals surface area contributed by atoms with Crippen LogP contribution in [0.5, 0.6) is 5.75 Å². The molecule has 1 aliphatic carbocycles. The lowest BCUT2D eigenvalue weighted by Crippen LogP contribution is -2.47. The number of rotatable bonds is 5. The molecule has 1 fully saturated rings. The summed E-state index contributed by atoms with van der Waals surface area (Å²) in [4.78, 5) is 29.5. The smallest absolute Gasteiger partial charge is 0.246 e. The summed E-state index contributed by atoms with van der Waals surface area (Å²) in [7, 11) is 1.64. The van der Waals surface area contributed by atoms with Crippen LogP contribution in [0.3, 0.4) is 0 Å². The number of halogens is 1. The van der Waals surface area contributed by atoms with Crippen LogP contribution in [0.4, 0.5) is 17.5 Å². The van der Waals surface area contributed by atoms with E-state index in [-0.39, 0.29) is 23.6 Å². The number of amides is 1. The van der Waals surface area contributed by atoms with Gasteiger partial charge in [0.2, 0.25) is 11.9 Å². The number of nitrogens with two attached hydrogens (primary N) is 1. The van der Waals surface area contributed by atoms with Crippen LogP contribution >= 0.6 is 11.6 Å². The molecule has 2 aliphatic rings. The van der Waals surface area contributed by atoms with Crippen LogP contribution in [0, 0.1) is 19.8 Å². The molecule has 0 aromatic carbocycles. The van der Waals surface area contributed by atoms with Crippen molar-refractivity contribution < 1.29 is 9.53 Å². The van der Waals surface area contributed by atoms with Gasteiger partial charge in [-0.1, -0.05) is 11.6 Å². The van der Waals surface area contributed by atoms with Crippen molar-refractivity contribution in [3.63, 3.8) is 0 Å². The maximum absolute atomic E-state index is 12.9. The first-order valence-electron chi connectivity index (χ1n) is 9.26. The van der Waals surface area contributed by atoms with E-state index in [9.17, 15) is 4.79 Å². The first-order chi connectivity index (χ1) is 13.4. The standard InChI is InChI=1S/C19H23ClN6O2/c1-10-6-22-13(11(2)16(10)28-3)8-25-9-14(27)26(7-12-4-5-12)15-17(20)23-19(21)24-18(15)25/h6,12H,4-5,7-9H2,1-3H3,(H2,21,23,24). The van der Waals surface area contributed by atoms with E-state index in [0.717, 1.165) is 35.4 Å². The van der Waals surface area contributed by atoms with Gasteiger partial charge in [-0.25, -0.2) is 0 Å². The highest BCUT2D eigenvalue weighted by molar-refractivity contribution is 6.33. The van der Waals surface area contributed by atoms with E-state index in [2.05, 4.69) is 15.0 Å². The predicted octanol–water partition coefficient (Wildman–Crippen LogP) is 2.50. The summed E-state index contributed by atoms with van der Waals surface area (Å²) >= 11 is 6.39. The van der Waals surface area contributed by atoms with Crippen molar-refractivity contribution in [1.29, 1.82) is 0 Å². The summed E-state index contributed by atoms with van der Waals surface area (Å²) in [6.45, 7) is 5.13. The Morgan fingerprint density at radius 1 is 1.32 bits per heavy atom. The zero-order chi connectivity index (χ0) is 20.0. The molecule has 0 unspecified atom stereocenters. The number of methoxy groups -OCH3 is 1. The van der Waals surface area contributed by atoms with Gasteiger partial charge in [0.25, 0.3) is 0 Å². The third-order valence-corrected chi connectivity index (χ3v) is 5.53. The summed E-state index contributed by atoms with van der Waals surface area (Å²) in [5.41, 5.74) is 9.10. The van der Waals surface area contributed by atoms with Crippen molar-refractivity contribution in [3.05, 3.63) is 28.2 Å². The Kier molecular flexibility index (Phi) is 4.74. The molecule has 0 bridgehead atoms. The summed E-state index contributed by atoms with van der Waals surface area (Å²) in [5, 5.41) is 0.201. The van der Waals surface area contributed by atoms with Crippen LogP contribution in [0.25, 0.3) is 0 Å². The highest BCUT2D eigenvalue weighted by Gasteiger charge is 2.37. The number of aromatic nitrogens is 3. The molecular formula is C19H23ClN6O2. The first-order valence-corrected chi connectivity index (χ1v) is 9.64. The quantitative estimate of drug-likeness (QED) is 0.767. The number of aryl methyl sites for hydroxylation is 1. The Bertz CT molecular complexity index is 947. The van der Waals surface area contributed by atoms with Gasteiger partial charge in [0.15, 0.2) is 11.0 Å². The van der Waals surface area contributed by atoms with E-state index in [1.807, 2.05) is 18.7 Å². The molecule has 3 heterocycles. The second-order valence-electron chi connectivity index (χ2n) is 7.39. The highest BCUT2D eigenvalue weighted by atomic mass is 35.5. The van der Waals surface area contributed by atoms with Gasteiger partial charge in [0, 0.05) is 23.9 Å². The number of hydrogen-bond donors (Lipinski definition) is 1. The molecular weight excluding hydrogens is 380 g/mol. The highest BCUT2D eigenvalue weighted by Crippen LogP contribution is 2.41. The summed E-state index contributed by atoms with van der Waals surface area (Å²) in [5.74, 6) is 1.94. The zero-order valence-electron chi connectivity index (χ0n) is 16.2. The van der Waals surface area contributed by atoms with Crippen LogP contribution in [0.15, 0.2) is 6.20 Å². The monoisotopic (exact) mass is 402 g/mol. The lowest BCUT2D eigenvalue weighted by Gasteiger charge is -2.36. The van der Waals surface area contributed by atoms with E-state index in [1.165, 1.54) is 0 Å². The fourth-order valence-electron chi connectivity index (χ4n) is 3.63. The number of nitrogen functional groups attached to an aromatic ring is 1. The maximum atomic E-state index is 12.9. The Hall–Kier alpha value is -2.61. The van der Waals surface area contributed by atoms with E-state index >= 15 is 0 Å². The van der Waals surface area contributed by atoms with Gasteiger partial charge in [-0.2, -0.15) is 9.97 Å². The van der Waals surface area contributed by atoms with Crippen molar-refractivity contribution in [3.8, 4) is 5.75 Å². The SMILES string of the molecule is COc1c(C)cnc(CN2CC(=O)N(CC3CC3)c3c(Cl)nc(N)nc32)c1C. The lowest BCUT2D eigenvalue weighted by atomic mass is 10.1. The van der Waals surface area contributed by atoms with Crippen molar-refractivity contribution >= 4 is 35.0 Å². The van der Waals surface area contributed by atoms with Gasteiger partial charge in [0.1, 0.15) is 11.4 Å². The van der Waals surface area contributed by atoms with Gasteiger partial charge in [0.05, 0.1) is 25.9 Å². The van der Waals surface area contributed by atoms with E-state index < -0.39 is 0 Å². The first kappa shape index (κ1) is 18.7. The van der Waals surface area contributed by atoms with Crippen LogP contribution < -0.4 is 20.3 Å². The van der Waals surface area contributed by atoms with Gasteiger partial charge >= 0.3 is 0 Å². The minimum Gasteiger partial charge on any atom is -0.496 e. The van der Waals surface area contributed by atoms with Crippen molar-refractivity contribution in [1.82, 2.24) is 15.0 Å². The second kappa shape index (κ2) is 7.09. The van der Waals surface area contributed by atoms with E-state index in [0.29, 0.717) is 30.5 Å². The number of ether oxygens (including phenoxy) is 1. The number of hydrogen-bond acceptors (Lipinski definition) is 7. The molecule has 4 rings (SSSR count). The van der Waals surface area contributed by atoms with Crippen molar-refractivity contribution in [2.24, 2.45) is 5.92 Å². The zero-order valence-corrected chi connectivity index (χ0v) is 17.0. The fourth-order valence-corrected chi connectivity index (χ4v) is 3.90. The Labute approximate surface area is 168 Å². The summed E-state index contributed by atoms with van der Waals surface area (Å²) in [6, 6.07) is 0. The Balaban J connectivity index is 1.73. The number of carbonyl (C=O) groups excluding carboxylic acids is 1. The maximum Gasteiger partial charge on any atom is 0.246 e. The molecule has 28 heavy (non-hydrogen) atoms. The average Bonchev–Trinajstić information content (AvgIpc) is 3.45. The molecule has 1 amide bonds. The summed E-state index contributed by atoms with van der Waals surface area (Å²) < 4.78 is 5.50. The molecule has 2 aromatic rings. The fraction of sp³-hybridized carbons (Fsp3) is 0.474. The van der Waals surface area contributed by atoms with Gasteiger partial charge in [-0.15, -0.1) is 0 Å². The second-order valence-corrected chi connectivity index (χ2v) is 7.75. The number of carbonyl (C=O) groups is 1. The minimum absolute atomic E-state index is 0.0219. The van der Waals surface area contributed by atoms with E-state index in [1.54, 1.807) is 18.2 Å². The molecule has 0 radical (unpaired) electrons. The normalized spacial score (nSPS) is 16.4. The van der Waals surface area contributed by atoms with E-state index in [4.69, 9.17) is 22.1 Å². The van der Waals surface area contributed by atoms with Crippen LogP contribution in [0.2, 0.25) is 5.15 Å². The molecule has 2 aromatic heterocycles. The van der Waals surface area contributed by atoms with Crippen molar-refractivity contribution in [2.75, 3.05) is 35.7 Å². The van der Waals surface area contributed by atoms with Crippen molar-refractivity contribution in [2.45, 2.75) is 33.2 Å². The third kappa shape index (κ3) is 3.32. The average molecular weight is 403 g/mol. The Morgan fingerprint density at radius 3 is 2.75 bits per heavy atom. The topological polar surface area (TPSA) is 97.5 Å². The number of anilines is 3. The molecule has 8 nitrogen and oxygen atoms in total. The predicted molar refractivity (Wildman–Crippen MR) is 108 cm³/mol. The van der Waals surface area contributed by atoms with Gasteiger partial charge < -0.3 is 20.3 Å². The molecule has 1 aliphatic heterocycles. The van der Waals surface area contributed by atoms with Crippen LogP contribution in [0.1, 0.15) is 29.7 Å². The molecule has 0 spiro atoms. The molecule has 9 heteroatoms. The van der Waals surface area contributed by atoms with Gasteiger partial charge in [-0.05, 0) is 32.6 Å². The molecule has 2 N–H and O–H groups in total. The molecule has 0 saturated heterocycles. The lowest BCUT2D eigenvalue weighted by molar-refractivity contribution is -0.117. The van der Waals surface area contributed by atoms with Gasteiger partial charge in [-0.3, -0.25) is 9.78 Å². The summed E-state index contributed by atoms with van der Waals surface area (Å²) in [6.07, 6.45) is 4.03. The largest absolute Gasteiger partial charge is 0.496 e. The van der Waals surface area contributed by atoms with Crippen LogP contribution in [-0.2, 0) is 11.3 Å². The third-order valence-electron chi connectivity index (χ3n) is 5.27.